The summed E-state index contributed by atoms with van der Waals surface area (Å²) >= 11 is 0. The fraction of sp³-hybridized carbons (Fsp3) is 0.452. The molecule has 47 heavy (non-hydrogen) atoms. The van der Waals surface area contributed by atoms with Gasteiger partial charge in [0.2, 0.25) is 23.8 Å². The second-order valence-corrected chi connectivity index (χ2v) is 11.2. The maximum Gasteiger partial charge on any atom is 0.303 e. The van der Waals surface area contributed by atoms with Crippen molar-refractivity contribution in [2.24, 2.45) is 0 Å². The Balaban J connectivity index is 1.59. The van der Waals surface area contributed by atoms with E-state index in [1.807, 2.05) is 0 Å². The van der Waals surface area contributed by atoms with Crippen LogP contribution in [0.2, 0.25) is 0 Å². The Morgan fingerprint density at radius 2 is 1.36 bits per heavy atom. The van der Waals surface area contributed by atoms with Gasteiger partial charge >= 0.3 is 11.9 Å². The second-order valence-electron chi connectivity index (χ2n) is 11.2. The number of rotatable bonds is 7. The minimum atomic E-state index is -1.67. The van der Waals surface area contributed by atoms with Crippen molar-refractivity contribution in [1.29, 1.82) is 0 Å². The van der Waals surface area contributed by atoms with Gasteiger partial charge in [-0.05, 0) is 38.1 Å². The molecule has 6 N–H and O–H groups in total. The molecule has 0 amide bonds. The molecule has 254 valence electrons. The zero-order chi connectivity index (χ0) is 34.3. The van der Waals surface area contributed by atoms with Crippen molar-refractivity contribution in [2.75, 3.05) is 0 Å². The van der Waals surface area contributed by atoms with Crippen molar-refractivity contribution in [3.8, 4) is 34.3 Å². The van der Waals surface area contributed by atoms with Crippen LogP contribution in [0.1, 0.15) is 27.7 Å². The lowest BCUT2D eigenvalue weighted by Gasteiger charge is -2.41. The molecule has 0 saturated carbocycles. The third kappa shape index (κ3) is 6.83. The van der Waals surface area contributed by atoms with E-state index >= 15 is 0 Å². The number of carbonyl (C=O) groups excluding carboxylic acids is 2. The minimum Gasteiger partial charge on any atom is -0.508 e. The summed E-state index contributed by atoms with van der Waals surface area (Å²) in [5, 5.41) is 62.0. The van der Waals surface area contributed by atoms with E-state index in [2.05, 4.69) is 0 Å². The summed E-state index contributed by atoms with van der Waals surface area (Å²) in [6.45, 7) is 5.10. The quantitative estimate of drug-likeness (QED) is 0.188. The molecule has 3 heterocycles. The molecule has 2 aliphatic rings. The first-order chi connectivity index (χ1) is 22.2. The Bertz CT molecular complexity index is 1690. The van der Waals surface area contributed by atoms with Crippen molar-refractivity contribution in [3.05, 3.63) is 46.6 Å². The number of carbonyl (C=O) groups is 2. The van der Waals surface area contributed by atoms with Gasteiger partial charge in [0.05, 0.1) is 12.2 Å². The predicted molar refractivity (Wildman–Crippen MR) is 156 cm³/mol. The van der Waals surface area contributed by atoms with Crippen LogP contribution in [0.4, 0.5) is 0 Å². The Kier molecular flexibility index (Phi) is 9.63. The molecule has 3 aromatic rings. The highest BCUT2D eigenvalue weighted by atomic mass is 16.7. The van der Waals surface area contributed by atoms with E-state index in [0.717, 1.165) is 19.9 Å². The molecule has 1 aromatic heterocycles. The number of aliphatic hydroxyl groups is 4. The summed E-state index contributed by atoms with van der Waals surface area (Å²) in [5.41, 5.74) is -0.969. The van der Waals surface area contributed by atoms with E-state index in [9.17, 15) is 45.0 Å². The number of fused-ring (bicyclic) bond motifs is 1. The highest BCUT2D eigenvalue weighted by Crippen LogP contribution is 2.39. The van der Waals surface area contributed by atoms with Crippen LogP contribution in [-0.2, 0) is 28.5 Å². The van der Waals surface area contributed by atoms with Crippen LogP contribution in [0.5, 0.6) is 23.0 Å². The largest absolute Gasteiger partial charge is 0.508 e. The molecule has 0 spiro atoms. The third-order valence-corrected chi connectivity index (χ3v) is 7.69. The number of aromatic hydroxyl groups is 2. The fourth-order valence-corrected chi connectivity index (χ4v) is 5.36. The predicted octanol–water partition coefficient (Wildman–Crippen LogP) is 0.425. The van der Waals surface area contributed by atoms with Gasteiger partial charge in [-0.2, -0.15) is 0 Å². The van der Waals surface area contributed by atoms with Crippen molar-refractivity contribution in [1.82, 2.24) is 0 Å². The first kappa shape index (κ1) is 33.9. The third-order valence-electron chi connectivity index (χ3n) is 7.69. The van der Waals surface area contributed by atoms with E-state index in [1.54, 1.807) is 0 Å². The maximum absolute atomic E-state index is 14.0. The van der Waals surface area contributed by atoms with Crippen molar-refractivity contribution in [2.45, 2.75) is 89.1 Å². The Morgan fingerprint density at radius 1 is 0.745 bits per heavy atom. The average molecular weight is 663 g/mol. The van der Waals surface area contributed by atoms with Crippen LogP contribution in [0.25, 0.3) is 22.3 Å². The molecule has 0 radical (unpaired) electrons. The van der Waals surface area contributed by atoms with Crippen LogP contribution >= 0.6 is 0 Å². The van der Waals surface area contributed by atoms with Gasteiger partial charge in [0.1, 0.15) is 52.6 Å². The summed E-state index contributed by atoms with van der Waals surface area (Å²) in [6, 6.07) is 7.62. The van der Waals surface area contributed by atoms with Crippen molar-refractivity contribution < 1.29 is 73.1 Å². The normalized spacial score (nSPS) is 30.8. The van der Waals surface area contributed by atoms with Crippen LogP contribution in [0, 0.1) is 0 Å². The van der Waals surface area contributed by atoms with Gasteiger partial charge in [-0.25, -0.2) is 0 Å². The van der Waals surface area contributed by atoms with Gasteiger partial charge in [-0.3, -0.25) is 14.4 Å². The van der Waals surface area contributed by atoms with Crippen LogP contribution in [-0.4, -0.2) is 104 Å². The zero-order valence-electron chi connectivity index (χ0n) is 25.5. The second kappa shape index (κ2) is 13.3. The Morgan fingerprint density at radius 3 is 2.00 bits per heavy atom. The summed E-state index contributed by atoms with van der Waals surface area (Å²) in [7, 11) is 0. The van der Waals surface area contributed by atoms with Crippen molar-refractivity contribution in [3.63, 3.8) is 0 Å². The van der Waals surface area contributed by atoms with Gasteiger partial charge in [0.15, 0.2) is 18.0 Å². The number of phenols is 2. The molecular formula is C31H34O16. The molecule has 16 heteroatoms. The molecule has 16 nitrogen and oxygen atoms in total. The number of phenolic OH excluding ortho intramolecular Hbond substituents is 2. The molecule has 10 atom stereocenters. The zero-order valence-corrected chi connectivity index (χ0v) is 25.5. The average Bonchev–Trinajstić information content (AvgIpc) is 3.00. The molecule has 2 aliphatic heterocycles. The SMILES string of the molecule is CC(=O)O[C@@H]1[C@@H](O)[C@@H](OC(C)=O)[C@H](Oc2c(-c3ccc(O)cc3)oc3cc(O[C@@H]4O[C@@H](C)[C@H](O)[C@@H](O)[C@H]4O)cc(O)c3c2=O)O[C@H]1C. The molecule has 5 rings (SSSR count). The topological polar surface area (TPSA) is 241 Å². The highest BCUT2D eigenvalue weighted by Gasteiger charge is 2.49. The first-order valence-electron chi connectivity index (χ1n) is 14.5. The minimum absolute atomic E-state index is 0.112. The Labute approximate surface area is 266 Å². The number of aliphatic hydroxyl groups excluding tert-OH is 4. The molecule has 2 aromatic carbocycles. The maximum atomic E-state index is 14.0. The van der Waals surface area contributed by atoms with Gasteiger partial charge < -0.3 is 63.5 Å². The number of ether oxygens (including phenoxy) is 6. The highest BCUT2D eigenvalue weighted by molar-refractivity contribution is 5.88. The van der Waals surface area contributed by atoms with E-state index < -0.39 is 95.7 Å². The summed E-state index contributed by atoms with van der Waals surface area (Å²) in [5.74, 6) is -3.29. The smallest absolute Gasteiger partial charge is 0.303 e. The van der Waals surface area contributed by atoms with E-state index in [1.165, 1.54) is 44.2 Å². The van der Waals surface area contributed by atoms with Gasteiger partial charge in [0.25, 0.3) is 0 Å². The van der Waals surface area contributed by atoms with Crippen LogP contribution in [0.3, 0.4) is 0 Å². The monoisotopic (exact) mass is 662 g/mol. The molecule has 2 fully saturated rings. The van der Waals surface area contributed by atoms with Crippen LogP contribution < -0.4 is 14.9 Å². The number of hydrogen-bond acceptors (Lipinski definition) is 16. The number of esters is 2. The first-order valence-corrected chi connectivity index (χ1v) is 14.5. The summed E-state index contributed by atoms with van der Waals surface area (Å²) in [4.78, 5) is 37.6. The van der Waals surface area contributed by atoms with Gasteiger partial charge in [-0.1, -0.05) is 0 Å². The lowest BCUT2D eigenvalue weighted by molar-refractivity contribution is -0.277. The lowest BCUT2D eigenvalue weighted by Crippen LogP contribution is -2.60. The van der Waals surface area contributed by atoms with E-state index in [4.69, 9.17) is 32.8 Å². The van der Waals surface area contributed by atoms with Crippen molar-refractivity contribution >= 4 is 22.9 Å². The molecule has 0 aliphatic carbocycles. The summed E-state index contributed by atoms with van der Waals surface area (Å²) in [6.07, 6.45) is -14.2. The van der Waals surface area contributed by atoms with E-state index in [0.29, 0.717) is 0 Å². The summed E-state index contributed by atoms with van der Waals surface area (Å²) < 4.78 is 39.3. The van der Waals surface area contributed by atoms with Crippen LogP contribution in [0.15, 0.2) is 45.6 Å². The number of benzene rings is 2. The lowest BCUT2D eigenvalue weighted by atomic mass is 9.99. The number of hydrogen-bond donors (Lipinski definition) is 6. The fourth-order valence-electron chi connectivity index (χ4n) is 5.36. The molecular weight excluding hydrogens is 628 g/mol. The van der Waals surface area contributed by atoms with Gasteiger partial charge in [-0.15, -0.1) is 0 Å². The Hall–Kier alpha value is -4.45. The molecule has 2 saturated heterocycles. The standard InChI is InChI=1S/C31H34O16/c1-11-21(36)23(38)24(39)30(41-11)45-17-9-18(35)20-19(10-17)46-27(15-5-7-16(34)8-6-15)28(22(20)37)47-31-29(44-14(4)33)25(40)26(12(2)42-31)43-13(3)32/h5-12,21,23-26,29-31,34-36,38-40H,1-4H3/t11-,12-,21-,23+,24+,25+,26-,29+,30-,31-/m0/s1. The molecule has 0 unspecified atom stereocenters. The van der Waals surface area contributed by atoms with Gasteiger partial charge in [0, 0.05) is 31.5 Å². The molecule has 0 bridgehead atoms. The van der Waals surface area contributed by atoms with E-state index in [-0.39, 0.29) is 28.4 Å².